The molecule has 0 aliphatic heterocycles. The molecule has 0 amide bonds. The van der Waals surface area contributed by atoms with Crippen molar-refractivity contribution in [2.24, 2.45) is 5.41 Å². The van der Waals surface area contributed by atoms with Crippen LogP contribution in [0.1, 0.15) is 53.9 Å². The third kappa shape index (κ3) is 7.34. The van der Waals surface area contributed by atoms with Crippen LogP contribution in [-0.2, 0) is 0 Å². The molecule has 3 nitrogen and oxygen atoms in total. The first-order valence-electron chi connectivity index (χ1n) is 7.33. The van der Waals surface area contributed by atoms with Gasteiger partial charge in [0.2, 0.25) is 0 Å². The van der Waals surface area contributed by atoms with E-state index in [0.717, 1.165) is 38.9 Å². The van der Waals surface area contributed by atoms with Crippen molar-refractivity contribution in [2.75, 3.05) is 33.3 Å². The number of rotatable bonds is 9. The molecule has 3 heteroatoms. The molecule has 0 saturated carbocycles. The normalized spacial score (nSPS) is 16.0. The second-order valence-electron chi connectivity index (χ2n) is 6.72. The van der Waals surface area contributed by atoms with Crippen molar-refractivity contribution in [3.8, 4) is 0 Å². The SMILES string of the molecule is CCNC(CC)(CO)CCCN(C)CC(C)(C)C. The topological polar surface area (TPSA) is 35.5 Å². The summed E-state index contributed by atoms with van der Waals surface area (Å²) < 4.78 is 0. The molecule has 0 spiro atoms. The maximum absolute atomic E-state index is 9.58. The molecule has 18 heavy (non-hydrogen) atoms. The van der Waals surface area contributed by atoms with Crippen molar-refractivity contribution in [3.05, 3.63) is 0 Å². The van der Waals surface area contributed by atoms with Crippen molar-refractivity contribution in [3.63, 3.8) is 0 Å². The van der Waals surface area contributed by atoms with Crippen LogP contribution in [0.25, 0.3) is 0 Å². The first kappa shape index (κ1) is 17.9. The molecule has 0 aliphatic carbocycles. The lowest BCUT2D eigenvalue weighted by molar-refractivity contribution is 0.138. The molecule has 0 aliphatic rings. The van der Waals surface area contributed by atoms with Gasteiger partial charge < -0.3 is 15.3 Å². The van der Waals surface area contributed by atoms with Crippen LogP contribution in [0.15, 0.2) is 0 Å². The number of aliphatic hydroxyl groups excluding tert-OH is 1. The third-order valence-electron chi connectivity index (χ3n) is 3.47. The van der Waals surface area contributed by atoms with Gasteiger partial charge in [-0.05, 0) is 44.8 Å². The Morgan fingerprint density at radius 2 is 1.78 bits per heavy atom. The summed E-state index contributed by atoms with van der Waals surface area (Å²) in [5.41, 5.74) is 0.284. The van der Waals surface area contributed by atoms with Crippen LogP contribution in [0.3, 0.4) is 0 Å². The van der Waals surface area contributed by atoms with Crippen LogP contribution < -0.4 is 5.32 Å². The fourth-order valence-electron chi connectivity index (χ4n) is 2.59. The Labute approximate surface area is 114 Å². The lowest BCUT2D eigenvalue weighted by Gasteiger charge is -2.33. The summed E-state index contributed by atoms with van der Waals surface area (Å²) in [5, 5.41) is 13.0. The second-order valence-corrected chi connectivity index (χ2v) is 6.72. The van der Waals surface area contributed by atoms with E-state index in [4.69, 9.17) is 0 Å². The molecule has 0 aromatic heterocycles. The van der Waals surface area contributed by atoms with Gasteiger partial charge in [0.1, 0.15) is 0 Å². The fraction of sp³-hybridized carbons (Fsp3) is 1.00. The van der Waals surface area contributed by atoms with E-state index >= 15 is 0 Å². The Kier molecular flexibility index (Phi) is 8.08. The van der Waals surface area contributed by atoms with Crippen molar-refractivity contribution >= 4 is 0 Å². The van der Waals surface area contributed by atoms with Gasteiger partial charge in [0.15, 0.2) is 0 Å². The highest BCUT2D eigenvalue weighted by Gasteiger charge is 2.25. The lowest BCUT2D eigenvalue weighted by Crippen LogP contribution is -2.48. The van der Waals surface area contributed by atoms with Gasteiger partial charge in [0.25, 0.3) is 0 Å². The van der Waals surface area contributed by atoms with E-state index in [2.05, 4.69) is 51.9 Å². The number of nitrogens with zero attached hydrogens (tertiary/aromatic N) is 1. The predicted octanol–water partition coefficient (Wildman–Crippen LogP) is 2.50. The fourth-order valence-corrected chi connectivity index (χ4v) is 2.59. The third-order valence-corrected chi connectivity index (χ3v) is 3.47. The molecule has 0 radical (unpaired) electrons. The summed E-state index contributed by atoms with van der Waals surface area (Å²) in [6.45, 7) is 14.4. The first-order valence-corrected chi connectivity index (χ1v) is 7.33. The zero-order valence-corrected chi connectivity index (χ0v) is 13.3. The molecule has 0 saturated heterocycles. The summed E-state index contributed by atoms with van der Waals surface area (Å²) in [6.07, 6.45) is 3.16. The molecular weight excluding hydrogens is 224 g/mol. The summed E-state index contributed by atoms with van der Waals surface area (Å²) in [4.78, 5) is 2.39. The maximum Gasteiger partial charge on any atom is 0.0613 e. The maximum atomic E-state index is 9.58. The number of likely N-dealkylation sites (N-methyl/N-ethyl adjacent to an activating group) is 1. The van der Waals surface area contributed by atoms with Gasteiger partial charge in [-0.1, -0.05) is 34.6 Å². The molecule has 0 bridgehead atoms. The van der Waals surface area contributed by atoms with E-state index in [1.165, 1.54) is 0 Å². The first-order chi connectivity index (χ1) is 8.28. The highest BCUT2D eigenvalue weighted by Crippen LogP contribution is 2.18. The van der Waals surface area contributed by atoms with Gasteiger partial charge in [-0.25, -0.2) is 0 Å². The number of nitrogens with one attached hydrogen (secondary N) is 1. The highest BCUT2D eigenvalue weighted by atomic mass is 16.3. The van der Waals surface area contributed by atoms with Crippen LogP contribution in [0, 0.1) is 5.41 Å². The standard InChI is InChI=1S/C15H34N2O/c1-7-15(13-18,16-8-2)10-9-11-17(6)12-14(3,4)5/h16,18H,7-13H2,1-6H3. The molecule has 0 aromatic carbocycles. The quantitative estimate of drug-likeness (QED) is 0.667. The van der Waals surface area contributed by atoms with E-state index in [1.54, 1.807) is 0 Å². The zero-order valence-electron chi connectivity index (χ0n) is 13.3. The average molecular weight is 258 g/mol. The second kappa shape index (κ2) is 8.13. The number of hydrogen-bond acceptors (Lipinski definition) is 3. The van der Waals surface area contributed by atoms with Crippen LogP contribution in [0.2, 0.25) is 0 Å². The smallest absolute Gasteiger partial charge is 0.0613 e. The monoisotopic (exact) mass is 258 g/mol. The van der Waals surface area contributed by atoms with E-state index in [9.17, 15) is 5.11 Å². The van der Waals surface area contributed by atoms with Gasteiger partial charge in [0, 0.05) is 12.1 Å². The summed E-state index contributed by atoms with van der Waals surface area (Å²) in [5.74, 6) is 0. The van der Waals surface area contributed by atoms with Crippen LogP contribution in [0.4, 0.5) is 0 Å². The molecule has 0 heterocycles. The Bertz CT molecular complexity index is 207. The minimum absolute atomic E-state index is 0.0721. The van der Waals surface area contributed by atoms with E-state index < -0.39 is 0 Å². The van der Waals surface area contributed by atoms with Crippen molar-refractivity contribution in [1.82, 2.24) is 10.2 Å². The minimum Gasteiger partial charge on any atom is -0.394 e. The number of aliphatic hydroxyl groups is 1. The van der Waals surface area contributed by atoms with Crippen molar-refractivity contribution in [2.45, 2.75) is 59.4 Å². The van der Waals surface area contributed by atoms with E-state index in [0.29, 0.717) is 5.41 Å². The Hall–Kier alpha value is -0.120. The van der Waals surface area contributed by atoms with E-state index in [1.807, 2.05) is 0 Å². The molecule has 1 unspecified atom stereocenters. The summed E-state index contributed by atoms with van der Waals surface area (Å²) >= 11 is 0. The molecule has 0 rings (SSSR count). The Morgan fingerprint density at radius 1 is 1.17 bits per heavy atom. The largest absolute Gasteiger partial charge is 0.394 e. The molecular formula is C15H34N2O. The molecule has 0 aromatic rings. The van der Waals surface area contributed by atoms with Crippen molar-refractivity contribution < 1.29 is 5.11 Å². The van der Waals surface area contributed by atoms with Gasteiger partial charge >= 0.3 is 0 Å². The number of hydrogen-bond donors (Lipinski definition) is 2. The Morgan fingerprint density at radius 3 is 2.17 bits per heavy atom. The highest BCUT2D eigenvalue weighted by molar-refractivity contribution is 4.85. The van der Waals surface area contributed by atoms with Gasteiger partial charge in [-0.2, -0.15) is 0 Å². The summed E-state index contributed by atoms with van der Waals surface area (Å²) in [6, 6.07) is 0. The van der Waals surface area contributed by atoms with Crippen LogP contribution >= 0.6 is 0 Å². The Balaban J connectivity index is 4.06. The van der Waals surface area contributed by atoms with Crippen LogP contribution in [-0.4, -0.2) is 48.8 Å². The van der Waals surface area contributed by atoms with E-state index in [-0.39, 0.29) is 12.1 Å². The molecule has 2 N–H and O–H groups in total. The van der Waals surface area contributed by atoms with Crippen LogP contribution in [0.5, 0.6) is 0 Å². The molecule has 1 atom stereocenters. The minimum atomic E-state index is -0.0721. The average Bonchev–Trinajstić information content (AvgIpc) is 2.25. The zero-order chi connectivity index (χ0) is 14.2. The van der Waals surface area contributed by atoms with Crippen molar-refractivity contribution in [1.29, 1.82) is 0 Å². The summed E-state index contributed by atoms with van der Waals surface area (Å²) in [7, 11) is 2.19. The molecule has 0 fully saturated rings. The lowest BCUT2D eigenvalue weighted by atomic mass is 9.90. The van der Waals surface area contributed by atoms with Gasteiger partial charge in [0.05, 0.1) is 6.61 Å². The van der Waals surface area contributed by atoms with Gasteiger partial charge in [-0.15, -0.1) is 0 Å². The van der Waals surface area contributed by atoms with Gasteiger partial charge in [-0.3, -0.25) is 0 Å². The molecule has 110 valence electrons. The predicted molar refractivity (Wildman–Crippen MR) is 80.0 cm³/mol.